The van der Waals surface area contributed by atoms with E-state index in [1.54, 1.807) is 58.3 Å². The molecule has 0 saturated carbocycles. The quantitative estimate of drug-likeness (QED) is 0.653. The van der Waals surface area contributed by atoms with Crippen LogP contribution < -0.4 is 5.32 Å². The fourth-order valence-electron chi connectivity index (χ4n) is 3.68. The highest BCUT2D eigenvalue weighted by molar-refractivity contribution is 5.99. The molecule has 1 N–H and O–H groups in total. The van der Waals surface area contributed by atoms with E-state index >= 15 is 0 Å². The smallest absolute Gasteiger partial charge is 0.337 e. The molecule has 0 fully saturated rings. The number of esters is 2. The molecule has 0 saturated heterocycles. The van der Waals surface area contributed by atoms with E-state index in [4.69, 9.17) is 9.47 Å². The molecule has 168 valence electrons. The van der Waals surface area contributed by atoms with Crippen molar-refractivity contribution in [3.8, 4) is 0 Å². The molecule has 7 heteroatoms. The van der Waals surface area contributed by atoms with Crippen molar-refractivity contribution in [3.05, 3.63) is 88.3 Å². The van der Waals surface area contributed by atoms with Gasteiger partial charge in [-0.15, -0.1) is 0 Å². The van der Waals surface area contributed by atoms with E-state index in [1.165, 1.54) is 12.1 Å². The van der Waals surface area contributed by atoms with Crippen LogP contribution in [-0.4, -0.2) is 29.6 Å². The maximum absolute atomic E-state index is 13.2. The van der Waals surface area contributed by atoms with Crippen LogP contribution in [0.1, 0.15) is 44.7 Å². The number of carbonyl (C=O) groups is 2. The van der Waals surface area contributed by atoms with E-state index in [-0.39, 0.29) is 18.5 Å². The number of carbonyl (C=O) groups excluding carboxylic acids is 2. The lowest BCUT2D eigenvalue weighted by atomic mass is 9.81. The Bertz CT molecular complexity index is 1040. The van der Waals surface area contributed by atoms with E-state index in [0.717, 1.165) is 5.56 Å². The van der Waals surface area contributed by atoms with Gasteiger partial charge >= 0.3 is 11.9 Å². The van der Waals surface area contributed by atoms with E-state index in [1.807, 2.05) is 6.07 Å². The predicted molar refractivity (Wildman–Crippen MR) is 118 cm³/mol. The number of allylic oxidation sites excluding steroid dienone is 2. The summed E-state index contributed by atoms with van der Waals surface area (Å²) in [4.78, 5) is 30.3. The Hall–Kier alpha value is -3.48. The van der Waals surface area contributed by atoms with E-state index in [0.29, 0.717) is 34.5 Å². The fourth-order valence-corrected chi connectivity index (χ4v) is 3.68. The zero-order valence-corrected chi connectivity index (χ0v) is 18.6. The van der Waals surface area contributed by atoms with E-state index in [2.05, 4.69) is 10.3 Å². The molecule has 6 nitrogen and oxygen atoms in total. The van der Waals surface area contributed by atoms with Crippen molar-refractivity contribution in [2.75, 3.05) is 6.61 Å². The Kier molecular flexibility index (Phi) is 7.41. The third-order valence-corrected chi connectivity index (χ3v) is 5.10. The van der Waals surface area contributed by atoms with Crippen molar-refractivity contribution in [1.82, 2.24) is 10.3 Å². The summed E-state index contributed by atoms with van der Waals surface area (Å²) in [5.41, 5.74) is 3.44. The lowest BCUT2D eigenvalue weighted by Crippen LogP contribution is -2.33. The second-order valence-electron chi connectivity index (χ2n) is 7.89. The topological polar surface area (TPSA) is 77.5 Å². The summed E-state index contributed by atoms with van der Waals surface area (Å²) in [6.07, 6.45) is 3.39. The van der Waals surface area contributed by atoms with Crippen LogP contribution in [0, 0.1) is 5.82 Å². The second kappa shape index (κ2) is 10.2. The van der Waals surface area contributed by atoms with E-state index in [9.17, 15) is 14.0 Å². The Morgan fingerprint density at radius 1 is 1.06 bits per heavy atom. The van der Waals surface area contributed by atoms with Gasteiger partial charge in [-0.25, -0.2) is 14.0 Å². The number of halogens is 1. The number of aromatic nitrogens is 1. The predicted octanol–water partition coefficient (Wildman–Crippen LogP) is 4.19. The Balaban J connectivity index is 1.87. The first-order chi connectivity index (χ1) is 15.3. The lowest BCUT2D eigenvalue weighted by Gasteiger charge is -2.30. The maximum Gasteiger partial charge on any atom is 0.337 e. The largest absolute Gasteiger partial charge is 0.462 e. The van der Waals surface area contributed by atoms with Crippen molar-refractivity contribution in [3.63, 3.8) is 0 Å². The molecular weight excluding hydrogens is 411 g/mol. The second-order valence-corrected chi connectivity index (χ2v) is 7.89. The van der Waals surface area contributed by atoms with Gasteiger partial charge in [0.1, 0.15) is 5.82 Å². The SMILES string of the molecule is CC1=C(C(=O)OCCc2ccc(F)cc2)C(c2cccnc2)C(C(=O)OC(C)C)=C(C)N1. The Morgan fingerprint density at radius 3 is 2.31 bits per heavy atom. The molecule has 2 aromatic rings. The highest BCUT2D eigenvalue weighted by atomic mass is 19.1. The van der Waals surface area contributed by atoms with Crippen LogP contribution in [0.4, 0.5) is 4.39 Å². The minimum absolute atomic E-state index is 0.121. The summed E-state index contributed by atoms with van der Waals surface area (Å²) < 4.78 is 24.1. The van der Waals surface area contributed by atoms with Crippen LogP contribution in [0.3, 0.4) is 0 Å². The fraction of sp³-hybridized carbons (Fsp3) is 0.320. The number of nitrogens with zero attached hydrogens (tertiary/aromatic N) is 1. The van der Waals surface area contributed by atoms with Crippen molar-refractivity contribution in [2.45, 2.75) is 46.1 Å². The first kappa shape index (κ1) is 23.2. The van der Waals surface area contributed by atoms with Gasteiger partial charge in [-0.3, -0.25) is 4.98 Å². The van der Waals surface area contributed by atoms with Gasteiger partial charge in [0.2, 0.25) is 0 Å². The highest BCUT2D eigenvalue weighted by Gasteiger charge is 2.38. The molecule has 0 aliphatic carbocycles. The number of benzene rings is 1. The first-order valence-corrected chi connectivity index (χ1v) is 10.5. The number of hydrogen-bond donors (Lipinski definition) is 1. The molecule has 2 heterocycles. The van der Waals surface area contributed by atoms with Crippen LogP contribution in [0.15, 0.2) is 71.3 Å². The molecule has 32 heavy (non-hydrogen) atoms. The van der Waals surface area contributed by atoms with Crippen molar-refractivity contribution < 1.29 is 23.5 Å². The van der Waals surface area contributed by atoms with Crippen LogP contribution >= 0.6 is 0 Å². The van der Waals surface area contributed by atoms with Crippen molar-refractivity contribution in [2.24, 2.45) is 0 Å². The molecule has 1 aromatic carbocycles. The molecule has 1 aliphatic rings. The number of hydrogen-bond acceptors (Lipinski definition) is 6. The molecular formula is C25H27FN2O4. The van der Waals surface area contributed by atoms with Crippen molar-refractivity contribution >= 4 is 11.9 Å². The van der Waals surface area contributed by atoms with Gasteiger partial charge in [0.05, 0.1) is 29.8 Å². The van der Waals surface area contributed by atoms with Gasteiger partial charge in [-0.2, -0.15) is 0 Å². The first-order valence-electron chi connectivity index (χ1n) is 10.5. The molecule has 0 amide bonds. The number of pyridine rings is 1. The highest BCUT2D eigenvalue weighted by Crippen LogP contribution is 2.39. The van der Waals surface area contributed by atoms with Crippen LogP contribution in [0.2, 0.25) is 0 Å². The third kappa shape index (κ3) is 5.41. The molecule has 1 aliphatic heterocycles. The van der Waals surface area contributed by atoms with Gasteiger partial charge in [0.25, 0.3) is 0 Å². The number of dihydropyridines is 1. The summed E-state index contributed by atoms with van der Waals surface area (Å²) in [6, 6.07) is 9.62. The number of nitrogens with one attached hydrogen (secondary N) is 1. The lowest BCUT2D eigenvalue weighted by molar-refractivity contribution is -0.143. The summed E-state index contributed by atoms with van der Waals surface area (Å²) in [5.74, 6) is -2.02. The average molecular weight is 438 g/mol. The van der Waals surface area contributed by atoms with Gasteiger partial charge in [0, 0.05) is 30.2 Å². The molecule has 1 atom stereocenters. The van der Waals surface area contributed by atoms with Crippen LogP contribution in [0.5, 0.6) is 0 Å². The van der Waals surface area contributed by atoms with Gasteiger partial charge in [0.15, 0.2) is 0 Å². The minimum Gasteiger partial charge on any atom is -0.462 e. The monoisotopic (exact) mass is 438 g/mol. The molecule has 0 bridgehead atoms. The zero-order chi connectivity index (χ0) is 23.3. The summed E-state index contributed by atoms with van der Waals surface area (Å²) >= 11 is 0. The van der Waals surface area contributed by atoms with Gasteiger partial charge in [-0.1, -0.05) is 18.2 Å². The maximum atomic E-state index is 13.2. The van der Waals surface area contributed by atoms with Crippen LogP contribution in [0.25, 0.3) is 0 Å². The molecule has 3 rings (SSSR count). The van der Waals surface area contributed by atoms with Gasteiger partial charge < -0.3 is 14.8 Å². The molecule has 1 unspecified atom stereocenters. The third-order valence-electron chi connectivity index (χ3n) is 5.10. The normalized spacial score (nSPS) is 16.1. The van der Waals surface area contributed by atoms with Gasteiger partial charge in [-0.05, 0) is 57.0 Å². The average Bonchev–Trinajstić information content (AvgIpc) is 2.74. The number of ether oxygens (including phenoxy) is 2. The zero-order valence-electron chi connectivity index (χ0n) is 18.6. The van der Waals surface area contributed by atoms with Crippen molar-refractivity contribution in [1.29, 1.82) is 0 Å². The molecule has 0 radical (unpaired) electrons. The molecule has 0 spiro atoms. The standard InChI is InChI=1S/C25H27FN2O4/c1-15(2)32-25(30)22-17(4)28-16(3)21(23(22)19-6-5-12-27-14-19)24(29)31-13-11-18-7-9-20(26)10-8-18/h5-10,12,14-15,23,28H,11,13H2,1-4H3. The van der Waals surface area contributed by atoms with Crippen LogP contribution in [-0.2, 0) is 25.5 Å². The number of rotatable bonds is 7. The minimum atomic E-state index is -0.672. The summed E-state index contributed by atoms with van der Waals surface area (Å²) in [6.45, 7) is 7.22. The molecule has 1 aromatic heterocycles. The Morgan fingerprint density at radius 2 is 1.72 bits per heavy atom. The van der Waals surface area contributed by atoms with E-state index < -0.39 is 17.9 Å². The summed E-state index contributed by atoms with van der Waals surface area (Å²) in [5, 5.41) is 3.12. The Labute approximate surface area is 187 Å². The summed E-state index contributed by atoms with van der Waals surface area (Å²) in [7, 11) is 0.